The van der Waals surface area contributed by atoms with Crippen molar-refractivity contribution in [2.45, 2.75) is 6.92 Å². The summed E-state index contributed by atoms with van der Waals surface area (Å²) in [6, 6.07) is 5.57. The van der Waals surface area contributed by atoms with Crippen LogP contribution in [0.4, 0.5) is 0 Å². The van der Waals surface area contributed by atoms with E-state index in [-0.39, 0.29) is 5.69 Å². The smallest absolute Gasteiger partial charge is 0.244 e. The molecule has 0 atom stereocenters. The van der Waals surface area contributed by atoms with Gasteiger partial charge in [-0.15, -0.1) is 5.92 Å². The molecule has 5 nitrogen and oxygen atoms in total. The highest BCUT2D eigenvalue weighted by atomic mass is 127. The Labute approximate surface area is 112 Å². The summed E-state index contributed by atoms with van der Waals surface area (Å²) in [6.45, 7) is 1.78. The number of nitrogens with zero attached hydrogens (tertiary/aromatic N) is 4. The molecule has 2 rings (SSSR count). The third-order valence-electron chi connectivity index (χ3n) is 2.19. The van der Waals surface area contributed by atoms with Crippen LogP contribution in [-0.2, 0) is 7.05 Å². The number of halogens is 1. The van der Waals surface area contributed by atoms with Crippen LogP contribution in [0.1, 0.15) is 12.5 Å². The number of aromatic nitrogens is 4. The van der Waals surface area contributed by atoms with Crippen LogP contribution in [0.2, 0.25) is 0 Å². The Hall–Kier alpha value is -1.62. The number of benzene rings is 1. The summed E-state index contributed by atoms with van der Waals surface area (Å²) in [4.78, 5) is 11.8. The maximum atomic E-state index is 11.8. The first-order valence-corrected chi connectivity index (χ1v) is 5.93. The molecule has 0 bridgehead atoms. The highest BCUT2D eigenvalue weighted by molar-refractivity contribution is 14.1. The molecule has 0 saturated heterocycles. The van der Waals surface area contributed by atoms with E-state index in [9.17, 15) is 4.79 Å². The number of hydrogen-bond acceptors (Lipinski definition) is 3. The molecule has 0 aliphatic heterocycles. The maximum Gasteiger partial charge on any atom is 0.368 e. The van der Waals surface area contributed by atoms with Crippen LogP contribution < -0.4 is 5.69 Å². The lowest BCUT2D eigenvalue weighted by molar-refractivity contribution is 0.693. The van der Waals surface area contributed by atoms with Crippen molar-refractivity contribution in [1.82, 2.24) is 19.8 Å². The second-order valence-corrected chi connectivity index (χ2v) is 4.39. The maximum absolute atomic E-state index is 11.8. The van der Waals surface area contributed by atoms with Crippen LogP contribution in [0.15, 0.2) is 23.0 Å². The minimum Gasteiger partial charge on any atom is -0.244 e. The summed E-state index contributed by atoms with van der Waals surface area (Å²) >= 11 is 2.15. The lowest BCUT2D eigenvalue weighted by atomic mass is 10.2. The van der Waals surface area contributed by atoms with Gasteiger partial charge < -0.3 is 0 Å². The van der Waals surface area contributed by atoms with Gasteiger partial charge in [0.15, 0.2) is 0 Å². The van der Waals surface area contributed by atoms with Crippen LogP contribution >= 0.6 is 22.6 Å². The van der Waals surface area contributed by atoms with Crippen molar-refractivity contribution in [3.8, 4) is 17.5 Å². The van der Waals surface area contributed by atoms with Crippen LogP contribution in [0, 0.1) is 15.4 Å². The van der Waals surface area contributed by atoms with Crippen molar-refractivity contribution in [3.63, 3.8) is 0 Å². The molecule has 6 heteroatoms. The second-order valence-electron chi connectivity index (χ2n) is 3.31. The van der Waals surface area contributed by atoms with Crippen molar-refractivity contribution in [3.05, 3.63) is 37.8 Å². The van der Waals surface area contributed by atoms with Crippen molar-refractivity contribution >= 4 is 22.6 Å². The number of aryl methyl sites for hydroxylation is 1. The van der Waals surface area contributed by atoms with Gasteiger partial charge in [0.2, 0.25) is 0 Å². The Kier molecular flexibility index (Phi) is 3.28. The molecule has 0 radical (unpaired) electrons. The molecular formula is C11H9IN4O. The zero-order valence-electron chi connectivity index (χ0n) is 9.31. The van der Waals surface area contributed by atoms with Crippen molar-refractivity contribution in [2.75, 3.05) is 0 Å². The molecule has 0 aliphatic rings. The molecule has 0 spiro atoms. The Bertz CT molecular complexity index is 675. The summed E-state index contributed by atoms with van der Waals surface area (Å²) in [6.07, 6.45) is 0. The van der Waals surface area contributed by atoms with E-state index in [1.807, 2.05) is 18.2 Å². The summed E-state index contributed by atoms with van der Waals surface area (Å²) < 4.78 is 3.35. The van der Waals surface area contributed by atoms with Gasteiger partial charge in [-0.25, -0.2) is 4.79 Å². The first-order valence-electron chi connectivity index (χ1n) is 4.86. The molecule has 0 aliphatic carbocycles. The van der Waals surface area contributed by atoms with Crippen molar-refractivity contribution in [2.24, 2.45) is 7.05 Å². The Morgan fingerprint density at radius 3 is 2.71 bits per heavy atom. The van der Waals surface area contributed by atoms with Crippen LogP contribution in [-0.4, -0.2) is 19.8 Å². The molecule has 0 N–H and O–H groups in total. The second kappa shape index (κ2) is 4.71. The largest absolute Gasteiger partial charge is 0.368 e. The lowest BCUT2D eigenvalue weighted by Gasteiger charge is -2.03. The number of tetrazole rings is 1. The SMILES string of the molecule is CC#Cc1cccc(-n2nnn(C)c2=O)c1I. The Morgan fingerprint density at radius 1 is 1.35 bits per heavy atom. The molecule has 0 saturated carbocycles. The van der Waals surface area contributed by atoms with Gasteiger partial charge in [0.05, 0.1) is 9.26 Å². The lowest BCUT2D eigenvalue weighted by Crippen LogP contribution is -2.22. The normalized spacial score (nSPS) is 9.82. The molecule has 1 heterocycles. The van der Waals surface area contributed by atoms with E-state index in [2.05, 4.69) is 44.9 Å². The van der Waals surface area contributed by atoms with Gasteiger partial charge in [0, 0.05) is 12.6 Å². The molecule has 17 heavy (non-hydrogen) atoms. The number of hydrogen-bond donors (Lipinski definition) is 0. The Balaban J connectivity index is 2.67. The fourth-order valence-corrected chi connectivity index (χ4v) is 2.10. The van der Waals surface area contributed by atoms with Gasteiger partial charge in [0.25, 0.3) is 0 Å². The summed E-state index contributed by atoms with van der Waals surface area (Å²) in [5.74, 6) is 5.82. The van der Waals surface area contributed by atoms with Crippen LogP contribution in [0.3, 0.4) is 0 Å². The quantitative estimate of drug-likeness (QED) is 0.574. The molecule has 0 unspecified atom stereocenters. The van der Waals surface area contributed by atoms with Crippen molar-refractivity contribution < 1.29 is 0 Å². The molecule has 2 aromatic rings. The van der Waals surface area contributed by atoms with E-state index >= 15 is 0 Å². The predicted octanol–water partition coefficient (Wildman–Crippen LogP) is 0.942. The Morgan fingerprint density at radius 2 is 2.12 bits per heavy atom. The fraction of sp³-hybridized carbons (Fsp3) is 0.182. The molecular weight excluding hydrogens is 331 g/mol. The average Bonchev–Trinajstić information content (AvgIpc) is 2.64. The van der Waals surface area contributed by atoms with Gasteiger partial charge in [-0.3, -0.25) is 0 Å². The molecule has 0 amide bonds. The van der Waals surface area contributed by atoms with Crippen LogP contribution in [0.25, 0.3) is 5.69 Å². The van der Waals surface area contributed by atoms with Crippen molar-refractivity contribution in [1.29, 1.82) is 0 Å². The zero-order chi connectivity index (χ0) is 12.4. The first-order chi connectivity index (χ1) is 8.15. The van der Waals surface area contributed by atoms with Crippen LogP contribution in [0.5, 0.6) is 0 Å². The van der Waals surface area contributed by atoms with Gasteiger partial charge >= 0.3 is 5.69 Å². The van der Waals surface area contributed by atoms with E-state index in [0.29, 0.717) is 5.69 Å². The minimum absolute atomic E-state index is 0.274. The predicted molar refractivity (Wildman–Crippen MR) is 71.9 cm³/mol. The average molecular weight is 340 g/mol. The molecule has 1 aromatic carbocycles. The third kappa shape index (κ3) is 2.10. The standard InChI is InChI=1S/C11H9IN4O/c1-3-5-8-6-4-7-9(10(8)12)16-11(17)15(2)13-14-16/h4,6-7H,1-2H3. The summed E-state index contributed by atoms with van der Waals surface area (Å²) in [7, 11) is 1.56. The first kappa shape index (κ1) is 11.9. The van der Waals surface area contributed by atoms with Gasteiger partial charge in [0.1, 0.15) is 0 Å². The van der Waals surface area contributed by atoms with E-state index in [0.717, 1.165) is 9.13 Å². The third-order valence-corrected chi connectivity index (χ3v) is 3.32. The minimum atomic E-state index is -0.274. The molecule has 0 fully saturated rings. The number of rotatable bonds is 1. The van der Waals surface area contributed by atoms with E-state index in [1.165, 1.54) is 9.36 Å². The fourth-order valence-electron chi connectivity index (χ4n) is 1.38. The highest BCUT2D eigenvalue weighted by Gasteiger charge is 2.11. The topological polar surface area (TPSA) is 52.7 Å². The highest BCUT2D eigenvalue weighted by Crippen LogP contribution is 2.18. The van der Waals surface area contributed by atoms with E-state index < -0.39 is 0 Å². The monoisotopic (exact) mass is 340 g/mol. The molecule has 1 aromatic heterocycles. The summed E-state index contributed by atoms with van der Waals surface area (Å²) in [5.41, 5.74) is 1.30. The van der Waals surface area contributed by atoms with Gasteiger partial charge in [-0.1, -0.05) is 12.0 Å². The van der Waals surface area contributed by atoms with Gasteiger partial charge in [-0.05, 0) is 52.1 Å². The van der Waals surface area contributed by atoms with Gasteiger partial charge in [-0.2, -0.15) is 9.36 Å². The van der Waals surface area contributed by atoms with E-state index in [4.69, 9.17) is 0 Å². The molecule has 86 valence electrons. The summed E-state index contributed by atoms with van der Waals surface area (Å²) in [5, 5.41) is 7.50. The van der Waals surface area contributed by atoms with E-state index in [1.54, 1.807) is 14.0 Å². The zero-order valence-corrected chi connectivity index (χ0v) is 11.5.